The number of aliphatic hydroxyl groups excluding tert-OH is 2. The summed E-state index contributed by atoms with van der Waals surface area (Å²) in [7, 11) is -9.85. The van der Waals surface area contributed by atoms with Crippen LogP contribution in [0.5, 0.6) is 0 Å². The zero-order valence-corrected chi connectivity index (χ0v) is 67.5. The lowest BCUT2D eigenvalue weighted by Gasteiger charge is -2.21. The minimum absolute atomic E-state index is 0.0364. The van der Waals surface area contributed by atoms with Crippen molar-refractivity contribution < 1.29 is 75.8 Å². The number of ether oxygens (including phenoxy) is 3. The lowest BCUT2D eigenvalue weighted by atomic mass is 10.1. The average molecular weight is 1530 g/mol. The topological polar surface area (TPSA) is 231 Å². The number of hydrogen-bond donors (Lipinski definition) is 4. The van der Waals surface area contributed by atoms with E-state index in [1.165, 1.54) is 32.1 Å². The van der Waals surface area contributed by atoms with E-state index in [9.17, 15) is 43.5 Å². The van der Waals surface area contributed by atoms with Crippen LogP contribution >= 0.6 is 15.6 Å². The molecule has 0 aromatic heterocycles. The second-order valence-electron chi connectivity index (χ2n) is 25.7. The maximum Gasteiger partial charge on any atom is 0.472 e. The second kappa shape index (κ2) is 79.4. The fourth-order valence-corrected chi connectivity index (χ4v) is 11.3. The number of rotatable bonds is 73. The molecule has 0 aromatic carbocycles. The Kier molecular flexibility index (Phi) is 74.9. The van der Waals surface area contributed by atoms with Crippen LogP contribution in [0.15, 0.2) is 219 Å². The highest BCUT2D eigenvalue weighted by Gasteiger charge is 2.29. The molecule has 0 spiro atoms. The minimum Gasteiger partial charge on any atom is -0.463 e. The SMILES string of the molecule is CC/C=C\C/C=C\C/C=C\C/C=C\C/C=C\C/C=C\CCCCCCCCCCCCC(=O)OCC(O)COP(=O)(O)OCC(O)COP(=O)(O)OCC(COC(=O)CCCCCC/C=C\C/C=C\C/C=C\C/C=C\C/C=C\C/C=C\CC)OC(=O)CC/C=C\C/C=C\C/C=C\C/C=C\C/C=C\C/C=C\CC. The Labute approximate surface area is 647 Å². The maximum atomic E-state index is 13.0. The van der Waals surface area contributed by atoms with Gasteiger partial charge in [0, 0.05) is 19.3 Å². The molecule has 0 fully saturated rings. The van der Waals surface area contributed by atoms with Crippen LogP contribution in [0.25, 0.3) is 0 Å². The van der Waals surface area contributed by atoms with Crippen LogP contribution in [-0.4, -0.2) is 95.9 Å². The Hall–Kier alpha value is -6.13. The molecular formula is C89H140O16P2. The van der Waals surface area contributed by atoms with Crippen LogP contribution < -0.4 is 0 Å². The summed E-state index contributed by atoms with van der Waals surface area (Å²) in [4.78, 5) is 58.7. The van der Waals surface area contributed by atoms with E-state index in [0.29, 0.717) is 25.7 Å². The number of phosphoric ester groups is 2. The molecule has 0 aliphatic heterocycles. The van der Waals surface area contributed by atoms with Crippen LogP contribution in [0.2, 0.25) is 0 Å². The normalized spacial score (nSPS) is 15.1. The number of carbonyl (C=O) groups is 3. The van der Waals surface area contributed by atoms with E-state index in [1.807, 2.05) is 18.2 Å². The van der Waals surface area contributed by atoms with Gasteiger partial charge in [-0.25, -0.2) is 9.13 Å². The number of carbonyl (C=O) groups excluding carboxylic acids is 3. The molecule has 18 heteroatoms. The molecule has 0 radical (unpaired) electrons. The number of aliphatic hydroxyl groups is 2. The van der Waals surface area contributed by atoms with Crippen molar-refractivity contribution >= 4 is 33.6 Å². The monoisotopic (exact) mass is 1530 g/mol. The van der Waals surface area contributed by atoms with Gasteiger partial charge in [0.15, 0.2) is 6.10 Å². The average Bonchev–Trinajstić information content (AvgIpc) is 0.907. The van der Waals surface area contributed by atoms with Crippen molar-refractivity contribution in [2.75, 3.05) is 39.6 Å². The first-order valence-electron chi connectivity index (χ1n) is 40.0. The van der Waals surface area contributed by atoms with E-state index in [2.05, 4.69) is 221 Å². The van der Waals surface area contributed by atoms with E-state index < -0.39 is 91.5 Å². The first-order valence-corrected chi connectivity index (χ1v) is 43.0. The number of allylic oxidation sites excluding steroid dienone is 36. The van der Waals surface area contributed by atoms with Crippen LogP contribution in [0.1, 0.15) is 265 Å². The van der Waals surface area contributed by atoms with Gasteiger partial charge in [-0.15, -0.1) is 0 Å². The molecule has 107 heavy (non-hydrogen) atoms. The summed E-state index contributed by atoms with van der Waals surface area (Å²) >= 11 is 0. The van der Waals surface area contributed by atoms with Gasteiger partial charge in [0.2, 0.25) is 0 Å². The van der Waals surface area contributed by atoms with Gasteiger partial charge >= 0.3 is 33.6 Å². The van der Waals surface area contributed by atoms with E-state index in [4.69, 9.17) is 32.3 Å². The zero-order valence-electron chi connectivity index (χ0n) is 65.7. The fraction of sp³-hybridized carbons (Fsp3) is 0.562. The molecule has 4 N–H and O–H groups in total. The van der Waals surface area contributed by atoms with Gasteiger partial charge in [-0.2, -0.15) is 0 Å². The highest BCUT2D eigenvalue weighted by molar-refractivity contribution is 7.47. The molecule has 0 amide bonds. The summed E-state index contributed by atoms with van der Waals surface area (Å²) < 4.78 is 61.1. The number of unbranched alkanes of at least 4 members (excludes halogenated alkanes) is 14. The molecule has 0 bridgehead atoms. The zero-order chi connectivity index (χ0) is 78.0. The van der Waals surface area contributed by atoms with Crippen molar-refractivity contribution in [1.82, 2.24) is 0 Å². The molecule has 5 unspecified atom stereocenters. The smallest absolute Gasteiger partial charge is 0.463 e. The third kappa shape index (κ3) is 80.7. The summed E-state index contributed by atoms with van der Waals surface area (Å²) in [6.45, 7) is 2.18. The summed E-state index contributed by atoms with van der Waals surface area (Å²) in [6, 6.07) is 0. The Balaban J connectivity index is 4.72. The first-order chi connectivity index (χ1) is 52.2. The molecule has 16 nitrogen and oxygen atoms in total. The van der Waals surface area contributed by atoms with Crippen LogP contribution in [0.3, 0.4) is 0 Å². The highest BCUT2D eigenvalue weighted by Crippen LogP contribution is 2.45. The van der Waals surface area contributed by atoms with Gasteiger partial charge in [-0.3, -0.25) is 32.5 Å². The van der Waals surface area contributed by atoms with Crippen molar-refractivity contribution in [2.45, 2.75) is 283 Å². The van der Waals surface area contributed by atoms with E-state index in [-0.39, 0.29) is 19.3 Å². The van der Waals surface area contributed by atoms with Crippen molar-refractivity contribution in [3.63, 3.8) is 0 Å². The largest absolute Gasteiger partial charge is 0.472 e. The lowest BCUT2D eigenvalue weighted by molar-refractivity contribution is -0.161. The molecule has 0 rings (SSSR count). The van der Waals surface area contributed by atoms with Crippen molar-refractivity contribution in [1.29, 1.82) is 0 Å². The van der Waals surface area contributed by atoms with E-state index in [1.54, 1.807) is 0 Å². The summed E-state index contributed by atoms with van der Waals surface area (Å²) in [5.41, 5.74) is 0. The van der Waals surface area contributed by atoms with Gasteiger partial charge in [-0.05, 0) is 161 Å². The molecule has 5 atom stereocenters. The molecule has 0 saturated carbocycles. The maximum absolute atomic E-state index is 13.0. The molecule has 0 aliphatic carbocycles. The third-order valence-electron chi connectivity index (χ3n) is 15.7. The highest BCUT2D eigenvalue weighted by atomic mass is 31.2. The van der Waals surface area contributed by atoms with Crippen LogP contribution in [0, 0.1) is 0 Å². The molecular weight excluding hydrogens is 1390 g/mol. The predicted molar refractivity (Wildman–Crippen MR) is 444 cm³/mol. The number of phosphoric acid groups is 2. The molecule has 0 aromatic rings. The van der Waals surface area contributed by atoms with Gasteiger partial charge < -0.3 is 34.2 Å². The Morgan fingerprint density at radius 2 is 0.486 bits per heavy atom. The van der Waals surface area contributed by atoms with E-state index in [0.717, 1.165) is 167 Å². The molecule has 602 valence electrons. The standard InChI is InChI=1S/C89H140O16P2/c1-4-7-10-13-16-19-22-25-28-31-34-36-38-39-40-41-42-43-45-47-49-51-54-57-60-63-66-69-72-75-87(92)99-78-84(90)79-101-106(95,96)102-80-85(91)81-103-107(97,98)104-83-86(105-89(94)77-74-71-68-65-62-59-56-53-48-33-30-27-24-21-18-15-12-9-6-3)82-100-88(93)76-73-70-67-64-61-58-55-52-50-46-44-37-35-32-29-26-23-20-17-14-11-8-5-2/h7-12,16-21,25-30,34-37,39-40,42-43,46,48,50,53,55,58-59,62,68,71,84-86,90-91H,4-6,13-15,22-24,31-33,38,41,44-45,47,49,51-52,54,56-57,60-61,63-67,69-70,72-83H2,1-3H3,(H,95,96)(H,97,98)/b10-7-,11-8-,12-9-,19-16-,20-17-,21-18-,28-25-,29-26-,30-27-,36-34-,37-35-,40-39-,43-42-,50-46-,53-48-,58-55-,62-59-,71-68-. The van der Waals surface area contributed by atoms with Crippen molar-refractivity contribution in [2.24, 2.45) is 0 Å². The van der Waals surface area contributed by atoms with Gasteiger partial charge in [-0.1, -0.05) is 304 Å². The summed E-state index contributed by atoms with van der Waals surface area (Å²) in [5, 5.41) is 20.7. The quantitative estimate of drug-likeness (QED) is 0.0146. The minimum atomic E-state index is -4.97. The third-order valence-corrected chi connectivity index (χ3v) is 17.6. The van der Waals surface area contributed by atoms with Crippen LogP contribution in [0.4, 0.5) is 0 Å². The van der Waals surface area contributed by atoms with Crippen LogP contribution in [-0.2, 0) is 55.8 Å². The molecule has 0 aliphatic rings. The lowest BCUT2D eigenvalue weighted by Crippen LogP contribution is -2.29. The fourth-order valence-electron chi connectivity index (χ4n) is 9.72. The second-order valence-corrected chi connectivity index (χ2v) is 28.6. The summed E-state index contributed by atoms with van der Waals surface area (Å²) in [5.74, 6) is -1.73. The summed E-state index contributed by atoms with van der Waals surface area (Å²) in [6.07, 6.45) is 107. The molecule has 0 heterocycles. The van der Waals surface area contributed by atoms with Gasteiger partial charge in [0.05, 0.1) is 26.4 Å². The Bertz CT molecular complexity index is 2820. The van der Waals surface area contributed by atoms with Gasteiger partial charge in [0.25, 0.3) is 0 Å². The van der Waals surface area contributed by atoms with E-state index >= 15 is 0 Å². The van der Waals surface area contributed by atoms with Crippen molar-refractivity contribution in [3.8, 4) is 0 Å². The Morgan fingerprint density at radius 1 is 0.262 bits per heavy atom. The van der Waals surface area contributed by atoms with Gasteiger partial charge in [0.1, 0.15) is 25.4 Å². The predicted octanol–water partition coefficient (Wildman–Crippen LogP) is 23.9. The number of esters is 3. The number of hydrogen-bond acceptors (Lipinski definition) is 14. The molecule has 0 saturated heterocycles. The van der Waals surface area contributed by atoms with Crippen molar-refractivity contribution in [3.05, 3.63) is 219 Å². The first kappa shape index (κ1) is 101. The Morgan fingerprint density at radius 3 is 0.776 bits per heavy atom.